The Balaban J connectivity index is 1.68. The molecule has 0 atom stereocenters. The van der Waals surface area contributed by atoms with E-state index in [0.717, 1.165) is 17.5 Å². The van der Waals surface area contributed by atoms with Gasteiger partial charge in [-0.1, -0.05) is 12.8 Å². The van der Waals surface area contributed by atoms with E-state index in [1.54, 1.807) is 18.4 Å². The highest BCUT2D eigenvalue weighted by atomic mass is 32.1. The van der Waals surface area contributed by atoms with Crippen LogP contribution >= 0.6 is 11.3 Å². The normalized spacial score (nSPS) is 17.1. The van der Waals surface area contributed by atoms with Crippen molar-refractivity contribution >= 4 is 11.3 Å². The second kappa shape index (κ2) is 5.52. The summed E-state index contributed by atoms with van der Waals surface area (Å²) in [6.45, 7) is 2.17. The minimum atomic E-state index is 0.923. The molecule has 1 fully saturated rings. The van der Waals surface area contributed by atoms with E-state index in [2.05, 4.69) is 11.4 Å². The number of nitrogens with one attached hydrogen (secondary N) is 1. The maximum atomic E-state index is 5.17. The Morgan fingerprint density at radius 2 is 2.20 bits per heavy atom. The van der Waals surface area contributed by atoms with Gasteiger partial charge in [-0.2, -0.15) is 0 Å². The lowest BCUT2D eigenvalue weighted by atomic mass is 10.1. The Morgan fingerprint density at radius 3 is 2.87 bits per heavy atom. The van der Waals surface area contributed by atoms with Crippen LogP contribution in [0.2, 0.25) is 0 Å². The van der Waals surface area contributed by atoms with E-state index in [9.17, 15) is 0 Å². The van der Waals surface area contributed by atoms with Crippen LogP contribution in [0.1, 0.15) is 30.6 Å². The van der Waals surface area contributed by atoms with E-state index in [0.29, 0.717) is 0 Å². The van der Waals surface area contributed by atoms with Crippen LogP contribution in [0, 0.1) is 5.92 Å². The fraction of sp³-hybridized carbons (Fsp3) is 0.667. The molecule has 1 aromatic rings. The van der Waals surface area contributed by atoms with Gasteiger partial charge < -0.3 is 10.1 Å². The van der Waals surface area contributed by atoms with Crippen LogP contribution in [0.4, 0.5) is 0 Å². The molecule has 0 bridgehead atoms. The summed E-state index contributed by atoms with van der Waals surface area (Å²) in [5.41, 5.74) is 0. The smallest absolute Gasteiger partial charge is 0.173 e. The average molecular weight is 225 g/mol. The molecule has 1 saturated carbocycles. The van der Waals surface area contributed by atoms with Gasteiger partial charge in [0.25, 0.3) is 0 Å². The molecule has 0 unspecified atom stereocenters. The van der Waals surface area contributed by atoms with E-state index in [4.69, 9.17) is 4.74 Å². The molecule has 0 amide bonds. The Hall–Kier alpha value is -0.540. The van der Waals surface area contributed by atoms with Gasteiger partial charge in [-0.25, -0.2) is 0 Å². The molecular formula is C12H19NOS. The van der Waals surface area contributed by atoms with Gasteiger partial charge in [0.1, 0.15) is 0 Å². The Bertz CT molecular complexity index is 292. The maximum absolute atomic E-state index is 5.17. The first-order valence-electron chi connectivity index (χ1n) is 5.72. The predicted molar refractivity (Wildman–Crippen MR) is 64.5 cm³/mol. The molecule has 0 aromatic carbocycles. The van der Waals surface area contributed by atoms with Crippen molar-refractivity contribution in [2.45, 2.75) is 32.2 Å². The number of hydrogen-bond acceptors (Lipinski definition) is 3. The molecule has 1 heterocycles. The van der Waals surface area contributed by atoms with Crippen molar-refractivity contribution in [1.29, 1.82) is 0 Å². The van der Waals surface area contributed by atoms with Crippen molar-refractivity contribution in [1.82, 2.24) is 5.32 Å². The van der Waals surface area contributed by atoms with Gasteiger partial charge in [0.05, 0.1) is 7.11 Å². The molecule has 2 rings (SSSR count). The predicted octanol–water partition coefficient (Wildman–Crippen LogP) is 3.04. The van der Waals surface area contributed by atoms with Gasteiger partial charge in [0.15, 0.2) is 5.06 Å². The Labute approximate surface area is 95.6 Å². The molecule has 1 aliphatic rings. The highest BCUT2D eigenvalue weighted by Gasteiger charge is 2.14. The fourth-order valence-corrected chi connectivity index (χ4v) is 2.97. The standard InChI is InChI=1S/C12H19NOS/c1-14-12-7-6-11(15-12)9-13-8-10-4-2-3-5-10/h6-7,10,13H,2-5,8-9H2,1H3. The van der Waals surface area contributed by atoms with Gasteiger partial charge in [-0.05, 0) is 37.4 Å². The van der Waals surface area contributed by atoms with Gasteiger partial charge in [-0.15, -0.1) is 11.3 Å². The number of hydrogen-bond donors (Lipinski definition) is 1. The minimum Gasteiger partial charge on any atom is -0.487 e. The second-order valence-electron chi connectivity index (χ2n) is 4.21. The van der Waals surface area contributed by atoms with Gasteiger partial charge in [-0.3, -0.25) is 0 Å². The summed E-state index contributed by atoms with van der Waals surface area (Å²) in [6.07, 6.45) is 5.69. The molecular weight excluding hydrogens is 206 g/mol. The molecule has 0 spiro atoms. The molecule has 1 N–H and O–H groups in total. The van der Waals surface area contributed by atoms with Crippen LogP contribution in [-0.4, -0.2) is 13.7 Å². The van der Waals surface area contributed by atoms with Crippen LogP contribution in [-0.2, 0) is 6.54 Å². The molecule has 15 heavy (non-hydrogen) atoms. The van der Waals surface area contributed by atoms with Crippen LogP contribution < -0.4 is 10.1 Å². The Kier molecular flexibility index (Phi) is 4.03. The molecule has 0 radical (unpaired) electrons. The highest BCUT2D eigenvalue weighted by Crippen LogP contribution is 2.25. The van der Waals surface area contributed by atoms with Crippen molar-refractivity contribution < 1.29 is 4.74 Å². The van der Waals surface area contributed by atoms with Crippen LogP contribution in [0.15, 0.2) is 12.1 Å². The zero-order valence-electron chi connectivity index (χ0n) is 9.29. The van der Waals surface area contributed by atoms with E-state index in [1.807, 2.05) is 6.07 Å². The third-order valence-corrected chi connectivity index (χ3v) is 4.09. The summed E-state index contributed by atoms with van der Waals surface area (Å²) < 4.78 is 5.17. The summed E-state index contributed by atoms with van der Waals surface area (Å²) in [4.78, 5) is 1.37. The van der Waals surface area contributed by atoms with Crippen LogP contribution in [0.3, 0.4) is 0 Å². The number of rotatable bonds is 5. The molecule has 0 aliphatic heterocycles. The lowest BCUT2D eigenvalue weighted by Crippen LogP contribution is -2.20. The SMILES string of the molecule is COc1ccc(CNCC2CCCC2)s1. The molecule has 0 saturated heterocycles. The molecule has 1 aromatic heterocycles. The monoisotopic (exact) mass is 225 g/mol. The van der Waals surface area contributed by atoms with Crippen molar-refractivity contribution in [3.05, 3.63) is 17.0 Å². The first-order chi connectivity index (χ1) is 7.38. The fourth-order valence-electron chi connectivity index (χ4n) is 2.18. The van der Waals surface area contributed by atoms with Gasteiger partial charge in [0, 0.05) is 11.4 Å². The van der Waals surface area contributed by atoms with E-state index < -0.39 is 0 Å². The molecule has 2 nitrogen and oxygen atoms in total. The summed E-state index contributed by atoms with van der Waals surface area (Å²) in [7, 11) is 1.72. The quantitative estimate of drug-likeness (QED) is 0.831. The van der Waals surface area contributed by atoms with Crippen LogP contribution in [0.25, 0.3) is 0 Å². The lowest BCUT2D eigenvalue weighted by Gasteiger charge is -2.09. The number of methoxy groups -OCH3 is 1. The van der Waals surface area contributed by atoms with Gasteiger partial charge >= 0.3 is 0 Å². The molecule has 1 aliphatic carbocycles. The molecule has 84 valence electrons. The zero-order chi connectivity index (χ0) is 10.5. The highest BCUT2D eigenvalue weighted by molar-refractivity contribution is 7.13. The third-order valence-electron chi connectivity index (χ3n) is 3.05. The number of ether oxygens (including phenoxy) is 1. The molecule has 3 heteroatoms. The second-order valence-corrected chi connectivity index (χ2v) is 5.34. The summed E-state index contributed by atoms with van der Waals surface area (Å²) >= 11 is 1.73. The van der Waals surface area contributed by atoms with E-state index in [1.165, 1.54) is 37.1 Å². The largest absolute Gasteiger partial charge is 0.487 e. The zero-order valence-corrected chi connectivity index (χ0v) is 10.1. The third kappa shape index (κ3) is 3.21. The summed E-state index contributed by atoms with van der Waals surface area (Å²) in [5, 5.41) is 4.54. The van der Waals surface area contributed by atoms with E-state index >= 15 is 0 Å². The first-order valence-corrected chi connectivity index (χ1v) is 6.53. The van der Waals surface area contributed by atoms with Crippen molar-refractivity contribution in [2.75, 3.05) is 13.7 Å². The van der Waals surface area contributed by atoms with Crippen molar-refractivity contribution in [3.63, 3.8) is 0 Å². The average Bonchev–Trinajstić information content (AvgIpc) is 2.88. The Morgan fingerprint density at radius 1 is 1.40 bits per heavy atom. The van der Waals surface area contributed by atoms with Gasteiger partial charge in [0.2, 0.25) is 0 Å². The lowest BCUT2D eigenvalue weighted by molar-refractivity contribution is 0.427. The number of thiophene rings is 1. The maximum Gasteiger partial charge on any atom is 0.173 e. The summed E-state index contributed by atoms with van der Waals surface area (Å²) in [6, 6.07) is 4.18. The minimum absolute atomic E-state index is 0.923. The topological polar surface area (TPSA) is 21.3 Å². The first kappa shape index (κ1) is 11.0. The van der Waals surface area contributed by atoms with Crippen molar-refractivity contribution in [2.24, 2.45) is 5.92 Å². The van der Waals surface area contributed by atoms with Crippen molar-refractivity contribution in [3.8, 4) is 5.06 Å². The van der Waals surface area contributed by atoms with Crippen LogP contribution in [0.5, 0.6) is 5.06 Å². The summed E-state index contributed by atoms with van der Waals surface area (Å²) in [5.74, 6) is 0.923. The van der Waals surface area contributed by atoms with E-state index in [-0.39, 0.29) is 0 Å².